The van der Waals surface area contributed by atoms with Gasteiger partial charge in [-0.15, -0.1) is 0 Å². The number of carbonyl (C=O) groups excluding carboxylic acids is 2. The van der Waals surface area contributed by atoms with E-state index in [1.807, 2.05) is 19.1 Å². The number of alkyl halides is 2. The fourth-order valence-corrected chi connectivity index (χ4v) is 3.13. The number of rotatable bonds is 7. The van der Waals surface area contributed by atoms with E-state index in [0.29, 0.717) is 16.8 Å². The molecule has 6 heteroatoms. The van der Waals surface area contributed by atoms with Crippen LogP contribution in [0.3, 0.4) is 0 Å². The molecule has 0 heterocycles. The van der Waals surface area contributed by atoms with Crippen LogP contribution in [0.4, 0.5) is 14.5 Å². The summed E-state index contributed by atoms with van der Waals surface area (Å²) in [5, 5.41) is 2.27. The van der Waals surface area contributed by atoms with Crippen molar-refractivity contribution in [2.45, 2.75) is 19.4 Å². The molecular formula is C24H22F2N2O2. The van der Waals surface area contributed by atoms with Crippen molar-refractivity contribution in [2.24, 2.45) is 0 Å². The second kappa shape index (κ2) is 9.78. The number of halogens is 2. The first-order valence-corrected chi connectivity index (χ1v) is 9.53. The fourth-order valence-electron chi connectivity index (χ4n) is 3.13. The van der Waals surface area contributed by atoms with Crippen molar-refractivity contribution in [1.29, 1.82) is 0 Å². The molecule has 0 saturated carbocycles. The van der Waals surface area contributed by atoms with Gasteiger partial charge in [-0.2, -0.15) is 0 Å². The van der Waals surface area contributed by atoms with Gasteiger partial charge in [0.25, 0.3) is 12.3 Å². The van der Waals surface area contributed by atoms with Crippen LogP contribution in [0.5, 0.6) is 0 Å². The van der Waals surface area contributed by atoms with E-state index in [0.717, 1.165) is 5.56 Å². The quantitative estimate of drug-likeness (QED) is 0.613. The third-order valence-electron chi connectivity index (χ3n) is 4.60. The Balaban J connectivity index is 2.11. The van der Waals surface area contributed by atoms with Crippen LogP contribution in [-0.4, -0.2) is 24.8 Å². The molecule has 1 atom stereocenters. The second-order valence-electron chi connectivity index (χ2n) is 6.83. The van der Waals surface area contributed by atoms with Gasteiger partial charge in [0, 0.05) is 11.3 Å². The number of nitrogens with zero attached hydrogens (tertiary/aromatic N) is 1. The minimum atomic E-state index is -2.69. The Kier molecular flexibility index (Phi) is 6.91. The van der Waals surface area contributed by atoms with Crippen molar-refractivity contribution < 1.29 is 18.4 Å². The normalized spacial score (nSPS) is 11.7. The van der Waals surface area contributed by atoms with E-state index < -0.39 is 30.8 Å². The second-order valence-corrected chi connectivity index (χ2v) is 6.83. The lowest BCUT2D eigenvalue weighted by Gasteiger charge is -2.31. The van der Waals surface area contributed by atoms with Gasteiger partial charge in [0.1, 0.15) is 6.04 Å². The molecule has 0 spiro atoms. The van der Waals surface area contributed by atoms with Gasteiger partial charge in [-0.3, -0.25) is 14.5 Å². The summed E-state index contributed by atoms with van der Waals surface area (Å²) >= 11 is 0. The molecule has 0 aliphatic rings. The topological polar surface area (TPSA) is 49.4 Å². The van der Waals surface area contributed by atoms with Crippen LogP contribution < -0.4 is 10.2 Å². The van der Waals surface area contributed by atoms with Crippen LogP contribution in [-0.2, 0) is 4.79 Å². The number of anilines is 1. The Bertz CT molecular complexity index is 977. The lowest BCUT2D eigenvalue weighted by Crippen LogP contribution is -2.45. The largest absolute Gasteiger partial charge is 0.348 e. The third-order valence-corrected chi connectivity index (χ3v) is 4.60. The van der Waals surface area contributed by atoms with Crippen LogP contribution >= 0.6 is 0 Å². The molecule has 0 aliphatic heterocycles. The van der Waals surface area contributed by atoms with Crippen LogP contribution in [0.25, 0.3) is 0 Å². The van der Waals surface area contributed by atoms with Gasteiger partial charge in [-0.05, 0) is 36.8 Å². The lowest BCUT2D eigenvalue weighted by molar-refractivity contribution is -0.123. The Morgan fingerprint density at radius 2 is 1.43 bits per heavy atom. The molecule has 3 aromatic carbocycles. The summed E-state index contributed by atoms with van der Waals surface area (Å²) in [6, 6.07) is 23.3. The molecule has 2 amide bonds. The van der Waals surface area contributed by atoms with E-state index in [1.165, 1.54) is 4.90 Å². The van der Waals surface area contributed by atoms with Crippen LogP contribution in [0.15, 0.2) is 84.9 Å². The molecule has 0 aromatic heterocycles. The summed E-state index contributed by atoms with van der Waals surface area (Å²) in [5.74, 6) is -1.08. The molecule has 30 heavy (non-hydrogen) atoms. The minimum Gasteiger partial charge on any atom is -0.348 e. The van der Waals surface area contributed by atoms with Crippen LogP contribution in [0, 0.1) is 6.92 Å². The Morgan fingerprint density at radius 3 is 2.00 bits per heavy atom. The summed E-state index contributed by atoms with van der Waals surface area (Å²) < 4.78 is 25.5. The summed E-state index contributed by atoms with van der Waals surface area (Å²) in [6.07, 6.45) is -2.69. The van der Waals surface area contributed by atoms with E-state index in [1.54, 1.807) is 72.8 Å². The van der Waals surface area contributed by atoms with Crippen molar-refractivity contribution in [3.63, 3.8) is 0 Å². The number of aryl methyl sites for hydroxylation is 1. The molecule has 0 bridgehead atoms. The molecule has 0 radical (unpaired) electrons. The smallest absolute Gasteiger partial charge is 0.259 e. The molecule has 0 fully saturated rings. The number of hydrogen-bond donors (Lipinski definition) is 1. The number of carbonyl (C=O) groups is 2. The Morgan fingerprint density at radius 1 is 0.867 bits per heavy atom. The number of para-hydroxylation sites is 1. The van der Waals surface area contributed by atoms with Crippen molar-refractivity contribution in [1.82, 2.24) is 5.32 Å². The Hall–Kier alpha value is -3.54. The van der Waals surface area contributed by atoms with Crippen molar-refractivity contribution >= 4 is 17.5 Å². The molecule has 0 aliphatic carbocycles. The molecule has 0 saturated heterocycles. The molecule has 3 aromatic rings. The predicted molar refractivity (Wildman–Crippen MR) is 113 cm³/mol. The fraction of sp³-hybridized carbons (Fsp3) is 0.167. The first-order chi connectivity index (χ1) is 14.5. The SMILES string of the molecule is Cc1ccc(C(C(=O)NCC(F)F)N(C(=O)c2ccccc2)c2ccccc2)cc1. The highest BCUT2D eigenvalue weighted by Gasteiger charge is 2.33. The summed E-state index contributed by atoms with van der Waals surface area (Å²) in [7, 11) is 0. The summed E-state index contributed by atoms with van der Waals surface area (Å²) in [6.45, 7) is 1.11. The van der Waals surface area contributed by atoms with Gasteiger partial charge in [-0.1, -0.05) is 66.2 Å². The predicted octanol–water partition coefficient (Wildman–Crippen LogP) is 4.76. The monoisotopic (exact) mass is 408 g/mol. The molecule has 3 rings (SSSR count). The average molecular weight is 408 g/mol. The maximum atomic E-state index is 13.5. The van der Waals surface area contributed by atoms with Crippen molar-refractivity contribution in [3.05, 3.63) is 102 Å². The van der Waals surface area contributed by atoms with E-state index >= 15 is 0 Å². The van der Waals surface area contributed by atoms with Gasteiger partial charge < -0.3 is 5.32 Å². The third kappa shape index (κ3) is 5.08. The number of hydrogen-bond acceptors (Lipinski definition) is 2. The molecular weight excluding hydrogens is 386 g/mol. The zero-order valence-corrected chi connectivity index (χ0v) is 16.5. The minimum absolute atomic E-state index is 0.389. The maximum absolute atomic E-state index is 13.5. The summed E-state index contributed by atoms with van der Waals surface area (Å²) in [5.41, 5.74) is 2.39. The van der Waals surface area contributed by atoms with Gasteiger partial charge in [0.05, 0.1) is 6.54 Å². The number of benzene rings is 3. The van der Waals surface area contributed by atoms with Gasteiger partial charge >= 0.3 is 0 Å². The molecule has 4 nitrogen and oxygen atoms in total. The highest BCUT2D eigenvalue weighted by atomic mass is 19.3. The first-order valence-electron chi connectivity index (χ1n) is 9.53. The average Bonchev–Trinajstić information content (AvgIpc) is 2.77. The van der Waals surface area contributed by atoms with Crippen LogP contribution in [0.2, 0.25) is 0 Å². The van der Waals surface area contributed by atoms with Crippen molar-refractivity contribution in [2.75, 3.05) is 11.4 Å². The zero-order chi connectivity index (χ0) is 21.5. The van der Waals surface area contributed by atoms with Gasteiger partial charge in [0.2, 0.25) is 5.91 Å². The highest BCUT2D eigenvalue weighted by molar-refractivity contribution is 6.10. The van der Waals surface area contributed by atoms with Gasteiger partial charge in [-0.25, -0.2) is 8.78 Å². The van der Waals surface area contributed by atoms with E-state index in [-0.39, 0.29) is 0 Å². The maximum Gasteiger partial charge on any atom is 0.259 e. The van der Waals surface area contributed by atoms with E-state index in [9.17, 15) is 18.4 Å². The zero-order valence-electron chi connectivity index (χ0n) is 16.5. The lowest BCUT2D eigenvalue weighted by atomic mass is 10.0. The van der Waals surface area contributed by atoms with Crippen molar-refractivity contribution in [3.8, 4) is 0 Å². The molecule has 154 valence electrons. The number of amides is 2. The molecule has 1 unspecified atom stereocenters. The highest BCUT2D eigenvalue weighted by Crippen LogP contribution is 2.30. The van der Waals surface area contributed by atoms with Gasteiger partial charge in [0.15, 0.2) is 0 Å². The van der Waals surface area contributed by atoms with Crippen LogP contribution in [0.1, 0.15) is 27.5 Å². The van der Waals surface area contributed by atoms with E-state index in [2.05, 4.69) is 5.32 Å². The first kappa shape index (κ1) is 21.2. The summed E-state index contributed by atoms with van der Waals surface area (Å²) in [4.78, 5) is 27.9. The Labute approximate surface area is 174 Å². The van der Waals surface area contributed by atoms with E-state index in [4.69, 9.17) is 0 Å². The standard InChI is InChI=1S/C24H22F2N2O2/c1-17-12-14-18(15-13-17)22(23(29)27-16-21(25)26)28(20-10-6-3-7-11-20)24(30)19-8-4-2-5-9-19/h2-15,21-22H,16H2,1H3,(H,27,29). The molecule has 1 N–H and O–H groups in total. The number of nitrogens with one attached hydrogen (secondary N) is 1.